The van der Waals surface area contributed by atoms with Gasteiger partial charge in [0.1, 0.15) is 6.20 Å². The summed E-state index contributed by atoms with van der Waals surface area (Å²) in [6.45, 7) is 0.433. The molecule has 22 heavy (non-hydrogen) atoms. The Morgan fingerprint density at radius 2 is 2.18 bits per heavy atom. The molecule has 1 saturated heterocycles. The van der Waals surface area contributed by atoms with Gasteiger partial charge < -0.3 is 10.2 Å². The van der Waals surface area contributed by atoms with Crippen LogP contribution in [0.15, 0.2) is 6.20 Å². The molecular formula is C13H16N4O4S. The molecule has 1 atom stereocenters. The molecule has 2 heterocycles. The first-order chi connectivity index (χ1) is 10.5. The van der Waals surface area contributed by atoms with Crippen molar-refractivity contribution in [2.24, 2.45) is 5.92 Å². The third-order valence-electron chi connectivity index (χ3n) is 4.20. The highest BCUT2D eigenvalue weighted by molar-refractivity contribution is 7.18. The third-order valence-corrected chi connectivity index (χ3v) is 5.06. The van der Waals surface area contributed by atoms with Crippen molar-refractivity contribution >= 4 is 33.3 Å². The zero-order valence-corrected chi connectivity index (χ0v) is 12.7. The summed E-state index contributed by atoms with van der Waals surface area (Å²) in [6.07, 6.45) is 5.61. The van der Waals surface area contributed by atoms with Crippen molar-refractivity contribution in [3.8, 4) is 0 Å². The van der Waals surface area contributed by atoms with Gasteiger partial charge in [0.2, 0.25) is 11.8 Å². The quantitative estimate of drug-likeness (QED) is 0.671. The van der Waals surface area contributed by atoms with Gasteiger partial charge in [0, 0.05) is 19.0 Å². The Bertz CT molecular complexity index is 611. The number of rotatable bonds is 4. The first kappa shape index (κ1) is 14.9. The molecule has 2 amide bonds. The summed E-state index contributed by atoms with van der Waals surface area (Å²) in [5.74, 6) is -0.675. The lowest BCUT2D eigenvalue weighted by molar-refractivity contribution is -0.380. The van der Waals surface area contributed by atoms with E-state index in [1.54, 1.807) is 0 Å². The van der Waals surface area contributed by atoms with E-state index in [1.165, 1.54) is 0 Å². The molecule has 118 valence electrons. The van der Waals surface area contributed by atoms with Crippen LogP contribution in [0.2, 0.25) is 0 Å². The van der Waals surface area contributed by atoms with Gasteiger partial charge in [-0.05, 0) is 24.2 Å². The molecule has 1 unspecified atom stereocenters. The molecule has 0 aromatic carbocycles. The van der Waals surface area contributed by atoms with Crippen LogP contribution in [0.25, 0.3) is 0 Å². The maximum absolute atomic E-state index is 12.2. The Morgan fingerprint density at radius 3 is 2.82 bits per heavy atom. The van der Waals surface area contributed by atoms with Gasteiger partial charge in [-0.1, -0.05) is 12.8 Å². The van der Waals surface area contributed by atoms with E-state index in [1.807, 2.05) is 4.90 Å². The lowest BCUT2D eigenvalue weighted by Crippen LogP contribution is -2.35. The van der Waals surface area contributed by atoms with Gasteiger partial charge in [-0.2, -0.15) is 0 Å². The SMILES string of the molecule is O=C(Nc1ncc([N+](=O)[O-])s1)C1CC(=O)N(C2CCCC2)C1. The Labute approximate surface area is 130 Å². The number of thiazole rings is 1. The van der Waals surface area contributed by atoms with E-state index in [-0.39, 0.29) is 34.4 Å². The summed E-state index contributed by atoms with van der Waals surface area (Å²) in [6, 6.07) is 0.270. The molecule has 1 saturated carbocycles. The van der Waals surface area contributed by atoms with Gasteiger partial charge >= 0.3 is 5.00 Å². The summed E-state index contributed by atoms with van der Waals surface area (Å²) >= 11 is 0.814. The van der Waals surface area contributed by atoms with Crippen LogP contribution >= 0.6 is 11.3 Å². The minimum Gasteiger partial charge on any atom is -0.339 e. The highest BCUT2D eigenvalue weighted by atomic mass is 32.1. The highest BCUT2D eigenvalue weighted by Gasteiger charge is 2.38. The minimum atomic E-state index is -0.547. The molecule has 1 aromatic heterocycles. The van der Waals surface area contributed by atoms with Crippen LogP contribution in [0, 0.1) is 16.0 Å². The molecule has 9 heteroatoms. The predicted octanol–water partition coefficient (Wildman–Crippen LogP) is 1.78. The Hall–Kier alpha value is -2.03. The van der Waals surface area contributed by atoms with Gasteiger partial charge in [0.05, 0.1) is 10.8 Å². The van der Waals surface area contributed by atoms with Crippen LogP contribution < -0.4 is 5.32 Å². The second-order valence-corrected chi connectivity index (χ2v) is 6.64. The minimum absolute atomic E-state index is 0.0252. The van der Waals surface area contributed by atoms with Gasteiger partial charge in [-0.25, -0.2) is 4.98 Å². The molecule has 2 fully saturated rings. The summed E-state index contributed by atoms with van der Waals surface area (Å²) in [4.78, 5) is 40.0. The highest BCUT2D eigenvalue weighted by Crippen LogP contribution is 2.31. The van der Waals surface area contributed by atoms with Crippen molar-refractivity contribution in [3.63, 3.8) is 0 Å². The largest absolute Gasteiger partial charge is 0.345 e. The molecule has 8 nitrogen and oxygen atoms in total. The molecular weight excluding hydrogens is 308 g/mol. The Balaban J connectivity index is 1.60. The first-order valence-corrected chi connectivity index (χ1v) is 8.07. The summed E-state index contributed by atoms with van der Waals surface area (Å²) in [5, 5.41) is 13.3. The number of hydrogen-bond acceptors (Lipinski definition) is 6. The number of carbonyl (C=O) groups excluding carboxylic acids is 2. The maximum atomic E-state index is 12.2. The van der Waals surface area contributed by atoms with Crippen LogP contribution in [0.5, 0.6) is 0 Å². The molecule has 0 bridgehead atoms. The van der Waals surface area contributed by atoms with Crippen LogP contribution in [0.3, 0.4) is 0 Å². The third kappa shape index (κ3) is 2.94. The molecule has 0 radical (unpaired) electrons. The van der Waals surface area contributed by atoms with Crippen molar-refractivity contribution in [1.29, 1.82) is 0 Å². The van der Waals surface area contributed by atoms with E-state index in [9.17, 15) is 19.7 Å². The standard InChI is InChI=1S/C13H16N4O4S/c18-10-5-8(7-16(10)9-3-1-2-4-9)12(19)15-13-14-6-11(22-13)17(20)21/h6,8-9H,1-5,7H2,(H,14,15,19). The second-order valence-electron chi connectivity index (χ2n) is 5.64. The molecule has 3 rings (SSSR count). The number of likely N-dealkylation sites (tertiary alicyclic amines) is 1. The van der Waals surface area contributed by atoms with Crippen LogP contribution in [0.1, 0.15) is 32.1 Å². The van der Waals surface area contributed by atoms with Gasteiger partial charge in [0.15, 0.2) is 5.13 Å². The number of carbonyl (C=O) groups is 2. The molecule has 1 aliphatic carbocycles. The molecule has 2 aliphatic rings. The fraction of sp³-hybridized carbons (Fsp3) is 0.615. The van der Waals surface area contributed by atoms with Crippen molar-refractivity contribution in [2.45, 2.75) is 38.1 Å². The monoisotopic (exact) mass is 324 g/mol. The van der Waals surface area contributed by atoms with E-state index in [2.05, 4.69) is 10.3 Å². The number of anilines is 1. The molecule has 0 spiro atoms. The van der Waals surface area contributed by atoms with E-state index < -0.39 is 10.8 Å². The number of nitro groups is 1. The number of nitrogens with one attached hydrogen (secondary N) is 1. The first-order valence-electron chi connectivity index (χ1n) is 7.25. The number of nitrogens with zero attached hydrogens (tertiary/aromatic N) is 3. The van der Waals surface area contributed by atoms with Crippen molar-refractivity contribution in [1.82, 2.24) is 9.88 Å². The number of amides is 2. The summed E-state index contributed by atoms with van der Waals surface area (Å²) in [5.41, 5.74) is 0. The molecule has 1 aliphatic heterocycles. The average Bonchev–Trinajstić information content (AvgIpc) is 3.17. The number of hydrogen-bond donors (Lipinski definition) is 1. The van der Waals surface area contributed by atoms with Gasteiger partial charge in [0.25, 0.3) is 0 Å². The zero-order chi connectivity index (χ0) is 15.7. The van der Waals surface area contributed by atoms with E-state index in [4.69, 9.17) is 0 Å². The second kappa shape index (κ2) is 5.99. The van der Waals surface area contributed by atoms with E-state index in [0.29, 0.717) is 6.54 Å². The maximum Gasteiger partial charge on any atom is 0.345 e. The molecule has 1 aromatic rings. The fourth-order valence-corrected chi connectivity index (χ4v) is 3.73. The van der Waals surface area contributed by atoms with Crippen molar-refractivity contribution < 1.29 is 14.5 Å². The fourth-order valence-electron chi connectivity index (χ4n) is 3.09. The van der Waals surface area contributed by atoms with E-state index >= 15 is 0 Å². The lowest BCUT2D eigenvalue weighted by Gasteiger charge is -2.23. The van der Waals surface area contributed by atoms with Crippen LogP contribution in [0.4, 0.5) is 10.1 Å². The predicted molar refractivity (Wildman–Crippen MR) is 79.5 cm³/mol. The smallest absolute Gasteiger partial charge is 0.339 e. The van der Waals surface area contributed by atoms with Crippen LogP contribution in [-0.4, -0.2) is 39.2 Å². The lowest BCUT2D eigenvalue weighted by atomic mass is 10.1. The molecule has 1 N–H and O–H groups in total. The topological polar surface area (TPSA) is 105 Å². The Morgan fingerprint density at radius 1 is 1.45 bits per heavy atom. The average molecular weight is 324 g/mol. The summed E-state index contributed by atoms with van der Waals surface area (Å²) in [7, 11) is 0. The van der Waals surface area contributed by atoms with E-state index in [0.717, 1.165) is 43.2 Å². The summed E-state index contributed by atoms with van der Waals surface area (Å²) < 4.78 is 0. The van der Waals surface area contributed by atoms with Crippen molar-refractivity contribution in [2.75, 3.05) is 11.9 Å². The Kier molecular flexibility index (Phi) is 4.06. The normalized spacial score (nSPS) is 22.3. The van der Waals surface area contributed by atoms with Gasteiger partial charge in [-0.15, -0.1) is 0 Å². The number of aromatic nitrogens is 1. The van der Waals surface area contributed by atoms with Crippen LogP contribution in [-0.2, 0) is 9.59 Å². The van der Waals surface area contributed by atoms with Crippen molar-refractivity contribution in [3.05, 3.63) is 16.3 Å². The van der Waals surface area contributed by atoms with Gasteiger partial charge in [-0.3, -0.25) is 19.7 Å². The zero-order valence-electron chi connectivity index (χ0n) is 11.9.